The van der Waals surface area contributed by atoms with Gasteiger partial charge in [-0.15, -0.1) is 0 Å². The number of hydrogen-bond acceptors (Lipinski definition) is 5. The number of halogens is 1. The molecule has 0 N–H and O–H groups in total. The van der Waals surface area contributed by atoms with Crippen LogP contribution in [-0.4, -0.2) is 35.5 Å². The first-order valence-electron chi connectivity index (χ1n) is 7.67. The molecule has 1 aliphatic rings. The molecule has 26 heavy (non-hydrogen) atoms. The zero-order chi connectivity index (χ0) is 18.7. The first-order chi connectivity index (χ1) is 12.5. The quantitative estimate of drug-likeness (QED) is 0.519. The number of Topliss-reactive ketones (excluding diaryl/α,β-unsaturated/α-hetero) is 1. The van der Waals surface area contributed by atoms with Crippen molar-refractivity contribution in [3.63, 3.8) is 0 Å². The van der Waals surface area contributed by atoms with E-state index in [-0.39, 0.29) is 17.2 Å². The summed E-state index contributed by atoms with van der Waals surface area (Å²) in [7, 11) is 1.54. The fourth-order valence-corrected chi connectivity index (χ4v) is 3.53. The van der Waals surface area contributed by atoms with Gasteiger partial charge in [0, 0.05) is 15.6 Å². The lowest BCUT2D eigenvalue weighted by Crippen LogP contribution is -2.33. The van der Waals surface area contributed by atoms with Crippen LogP contribution in [0.15, 0.2) is 57.9 Å². The van der Waals surface area contributed by atoms with Crippen LogP contribution >= 0.6 is 27.7 Å². The largest absolute Gasteiger partial charge is 0.496 e. The second-order valence-electron chi connectivity index (χ2n) is 5.44. The van der Waals surface area contributed by atoms with Gasteiger partial charge in [0.25, 0.3) is 11.1 Å². The van der Waals surface area contributed by atoms with Crippen molar-refractivity contribution in [1.29, 1.82) is 0 Å². The summed E-state index contributed by atoms with van der Waals surface area (Å²) in [6, 6.07) is 14.0. The molecule has 0 saturated carbocycles. The van der Waals surface area contributed by atoms with Crippen LogP contribution in [0.4, 0.5) is 4.79 Å². The van der Waals surface area contributed by atoms with Gasteiger partial charge in [0.05, 0.1) is 18.6 Å². The third kappa shape index (κ3) is 3.89. The average molecular weight is 432 g/mol. The van der Waals surface area contributed by atoms with E-state index in [1.54, 1.807) is 42.5 Å². The maximum atomic E-state index is 12.6. The van der Waals surface area contributed by atoms with Gasteiger partial charge in [0.15, 0.2) is 5.78 Å². The van der Waals surface area contributed by atoms with Gasteiger partial charge in [-0.05, 0) is 36.0 Å². The van der Waals surface area contributed by atoms with Gasteiger partial charge in [-0.1, -0.05) is 46.3 Å². The number of benzene rings is 2. The number of thioether (sulfide) groups is 1. The van der Waals surface area contributed by atoms with Crippen molar-refractivity contribution in [2.75, 3.05) is 13.7 Å². The Balaban J connectivity index is 1.79. The monoisotopic (exact) mass is 431 g/mol. The normalized spacial score (nSPS) is 15.6. The van der Waals surface area contributed by atoms with Crippen molar-refractivity contribution >= 4 is 50.7 Å². The van der Waals surface area contributed by atoms with Gasteiger partial charge >= 0.3 is 0 Å². The molecule has 1 saturated heterocycles. The Morgan fingerprint density at radius 1 is 1.15 bits per heavy atom. The van der Waals surface area contributed by atoms with Gasteiger partial charge in [0.2, 0.25) is 0 Å². The predicted octanol–water partition coefficient (Wildman–Crippen LogP) is 4.38. The topological polar surface area (TPSA) is 63.7 Å². The molecule has 0 unspecified atom stereocenters. The average Bonchev–Trinajstić information content (AvgIpc) is 2.90. The highest BCUT2D eigenvalue weighted by Gasteiger charge is 2.36. The van der Waals surface area contributed by atoms with E-state index in [0.29, 0.717) is 16.9 Å². The van der Waals surface area contributed by atoms with E-state index in [1.807, 2.05) is 12.1 Å². The van der Waals surface area contributed by atoms with Crippen LogP contribution in [0.3, 0.4) is 0 Å². The molecule has 2 aromatic carbocycles. The zero-order valence-corrected chi connectivity index (χ0v) is 16.2. The summed E-state index contributed by atoms with van der Waals surface area (Å²) in [6.45, 7) is -0.282. The van der Waals surface area contributed by atoms with Crippen LogP contribution in [0.5, 0.6) is 5.75 Å². The van der Waals surface area contributed by atoms with E-state index in [9.17, 15) is 14.4 Å². The number of para-hydroxylation sites is 1. The van der Waals surface area contributed by atoms with E-state index in [0.717, 1.165) is 21.1 Å². The number of methoxy groups -OCH3 is 1. The molecule has 0 spiro atoms. The Kier molecular flexibility index (Phi) is 5.58. The number of carbonyl (C=O) groups excluding carboxylic acids is 3. The predicted molar refractivity (Wildman–Crippen MR) is 104 cm³/mol. The summed E-state index contributed by atoms with van der Waals surface area (Å²) >= 11 is 4.12. The molecule has 1 aliphatic heterocycles. The summed E-state index contributed by atoms with van der Waals surface area (Å²) < 4.78 is 6.10. The highest BCUT2D eigenvalue weighted by molar-refractivity contribution is 9.10. The molecule has 7 heteroatoms. The van der Waals surface area contributed by atoms with Crippen LogP contribution in [-0.2, 0) is 4.79 Å². The summed E-state index contributed by atoms with van der Waals surface area (Å²) in [5.74, 6) is -0.167. The van der Waals surface area contributed by atoms with Crippen molar-refractivity contribution in [2.45, 2.75) is 0 Å². The lowest BCUT2D eigenvalue weighted by atomic mass is 10.1. The van der Waals surface area contributed by atoms with Crippen LogP contribution in [0, 0.1) is 0 Å². The lowest BCUT2D eigenvalue weighted by Gasteiger charge is -2.11. The first-order valence-corrected chi connectivity index (χ1v) is 9.27. The van der Waals surface area contributed by atoms with E-state index < -0.39 is 11.1 Å². The van der Waals surface area contributed by atoms with Gasteiger partial charge < -0.3 is 4.74 Å². The second kappa shape index (κ2) is 7.88. The van der Waals surface area contributed by atoms with Crippen molar-refractivity contribution < 1.29 is 19.1 Å². The number of rotatable bonds is 5. The maximum absolute atomic E-state index is 12.6. The highest BCUT2D eigenvalue weighted by Crippen LogP contribution is 2.34. The minimum atomic E-state index is -0.476. The molecule has 1 fully saturated rings. The number of ether oxygens (including phenoxy) is 1. The van der Waals surface area contributed by atoms with Crippen LogP contribution in [0.1, 0.15) is 15.9 Å². The number of nitrogens with zero attached hydrogens (tertiary/aromatic N) is 1. The lowest BCUT2D eigenvalue weighted by molar-refractivity contribution is -0.122. The van der Waals surface area contributed by atoms with Gasteiger partial charge in [-0.2, -0.15) is 0 Å². The van der Waals surface area contributed by atoms with Crippen molar-refractivity contribution in [2.24, 2.45) is 0 Å². The molecule has 0 atom stereocenters. The van der Waals surface area contributed by atoms with Gasteiger partial charge in [-0.3, -0.25) is 19.3 Å². The summed E-state index contributed by atoms with van der Waals surface area (Å²) in [6.07, 6.45) is 1.60. The maximum Gasteiger partial charge on any atom is 0.293 e. The van der Waals surface area contributed by atoms with Gasteiger partial charge in [-0.25, -0.2) is 0 Å². The van der Waals surface area contributed by atoms with Gasteiger partial charge in [0.1, 0.15) is 5.75 Å². The standard InChI is InChI=1S/C19H14BrNO4S/c1-25-16-5-3-2-4-13(16)10-17-18(23)21(19(24)26-17)11-15(22)12-6-8-14(20)9-7-12/h2-10H,11H2,1H3/b17-10+. The van der Waals surface area contributed by atoms with Crippen LogP contribution in [0.25, 0.3) is 6.08 Å². The minimum Gasteiger partial charge on any atom is -0.496 e. The van der Waals surface area contributed by atoms with Crippen LogP contribution in [0.2, 0.25) is 0 Å². The summed E-state index contributed by atoms with van der Waals surface area (Å²) in [5.41, 5.74) is 1.14. The first kappa shape index (κ1) is 18.4. The van der Waals surface area contributed by atoms with E-state index in [2.05, 4.69) is 15.9 Å². The molecule has 2 amide bonds. The molecule has 2 aromatic rings. The summed E-state index contributed by atoms with van der Waals surface area (Å²) in [5, 5.41) is -0.457. The van der Waals surface area contributed by atoms with Crippen molar-refractivity contribution in [1.82, 2.24) is 4.90 Å². The smallest absolute Gasteiger partial charge is 0.293 e. The van der Waals surface area contributed by atoms with Crippen molar-refractivity contribution in [3.8, 4) is 5.75 Å². The molecule has 132 valence electrons. The third-order valence-electron chi connectivity index (χ3n) is 3.77. The van der Waals surface area contributed by atoms with E-state index >= 15 is 0 Å². The van der Waals surface area contributed by atoms with E-state index in [1.165, 1.54) is 7.11 Å². The molecule has 0 bridgehead atoms. The Labute approximate surface area is 163 Å². The Bertz CT molecular complexity index is 908. The molecular weight excluding hydrogens is 418 g/mol. The molecular formula is C19H14BrNO4S. The zero-order valence-electron chi connectivity index (χ0n) is 13.8. The fraction of sp³-hybridized carbons (Fsp3) is 0.105. The Morgan fingerprint density at radius 2 is 1.85 bits per heavy atom. The molecule has 3 rings (SSSR count). The molecule has 0 aromatic heterocycles. The Hall–Kier alpha value is -2.38. The number of imide groups is 1. The number of hydrogen-bond donors (Lipinski definition) is 0. The van der Waals surface area contributed by atoms with E-state index in [4.69, 9.17) is 4.74 Å². The summed E-state index contributed by atoms with van der Waals surface area (Å²) in [4.78, 5) is 38.3. The SMILES string of the molecule is COc1ccccc1/C=C1/SC(=O)N(CC(=O)c2ccc(Br)cc2)C1=O. The number of ketones is 1. The number of carbonyl (C=O) groups is 3. The molecule has 0 aliphatic carbocycles. The minimum absolute atomic E-state index is 0.267. The molecule has 5 nitrogen and oxygen atoms in total. The Morgan fingerprint density at radius 3 is 2.54 bits per heavy atom. The fourth-order valence-electron chi connectivity index (χ4n) is 2.43. The van der Waals surface area contributed by atoms with Crippen molar-refractivity contribution in [3.05, 3.63) is 69.0 Å². The molecule has 1 heterocycles. The third-order valence-corrected chi connectivity index (χ3v) is 5.20. The van der Waals surface area contributed by atoms with Crippen LogP contribution < -0.4 is 4.74 Å². The molecule has 0 radical (unpaired) electrons. The second-order valence-corrected chi connectivity index (χ2v) is 7.35. The highest BCUT2D eigenvalue weighted by atomic mass is 79.9. The number of amides is 2.